The van der Waals surface area contributed by atoms with Crippen molar-refractivity contribution in [2.75, 3.05) is 6.61 Å². The maximum absolute atomic E-state index is 11.4. The molecule has 0 amide bonds. The van der Waals surface area contributed by atoms with E-state index in [9.17, 15) is 4.79 Å². The van der Waals surface area contributed by atoms with Crippen LogP contribution in [0.15, 0.2) is 30.3 Å². The van der Waals surface area contributed by atoms with E-state index in [-0.39, 0.29) is 12.1 Å². The van der Waals surface area contributed by atoms with E-state index in [0.29, 0.717) is 6.61 Å². The lowest BCUT2D eigenvalue weighted by Gasteiger charge is -2.12. The largest absolute Gasteiger partial charge is 0.491 e. The van der Waals surface area contributed by atoms with Gasteiger partial charge >= 0.3 is 5.97 Å². The standard InChI is InChI=1S/C16H22O3/c1-5-13(4)19-15-9-7-14(8-10-15)12(3)11-16(17)18-6-2/h7-11,13H,5-6H2,1-4H3. The van der Waals surface area contributed by atoms with Crippen LogP contribution in [0.4, 0.5) is 0 Å². The Morgan fingerprint density at radius 2 is 1.89 bits per heavy atom. The molecule has 19 heavy (non-hydrogen) atoms. The highest BCUT2D eigenvalue weighted by molar-refractivity contribution is 5.90. The van der Waals surface area contributed by atoms with Gasteiger partial charge < -0.3 is 9.47 Å². The molecule has 3 nitrogen and oxygen atoms in total. The molecule has 1 aromatic carbocycles. The lowest BCUT2D eigenvalue weighted by molar-refractivity contribution is -0.137. The summed E-state index contributed by atoms with van der Waals surface area (Å²) in [6, 6.07) is 7.74. The predicted molar refractivity (Wildman–Crippen MR) is 77.1 cm³/mol. The number of allylic oxidation sites excluding steroid dienone is 1. The van der Waals surface area contributed by atoms with Gasteiger partial charge in [0, 0.05) is 6.08 Å². The Balaban J connectivity index is 2.72. The Hall–Kier alpha value is -1.77. The minimum Gasteiger partial charge on any atom is -0.491 e. The second-order valence-corrected chi connectivity index (χ2v) is 4.44. The van der Waals surface area contributed by atoms with E-state index in [1.54, 1.807) is 6.92 Å². The van der Waals surface area contributed by atoms with Gasteiger partial charge in [0.1, 0.15) is 5.75 Å². The van der Waals surface area contributed by atoms with E-state index in [4.69, 9.17) is 9.47 Å². The first-order chi connectivity index (χ1) is 9.06. The minimum absolute atomic E-state index is 0.210. The second-order valence-electron chi connectivity index (χ2n) is 4.44. The highest BCUT2D eigenvalue weighted by Gasteiger charge is 2.03. The van der Waals surface area contributed by atoms with Gasteiger partial charge in [-0.15, -0.1) is 0 Å². The van der Waals surface area contributed by atoms with Crippen molar-refractivity contribution in [3.63, 3.8) is 0 Å². The molecule has 0 N–H and O–H groups in total. The Bertz CT molecular complexity index is 432. The first kappa shape index (κ1) is 15.3. The monoisotopic (exact) mass is 262 g/mol. The second kappa shape index (κ2) is 7.62. The quantitative estimate of drug-likeness (QED) is 0.577. The van der Waals surface area contributed by atoms with Gasteiger partial charge in [-0.1, -0.05) is 19.1 Å². The van der Waals surface area contributed by atoms with Crippen LogP contribution in [-0.2, 0) is 9.53 Å². The first-order valence-corrected chi connectivity index (χ1v) is 6.69. The fraction of sp³-hybridized carbons (Fsp3) is 0.438. The van der Waals surface area contributed by atoms with Crippen LogP contribution in [0.25, 0.3) is 5.57 Å². The molecular formula is C16H22O3. The number of esters is 1. The highest BCUT2D eigenvalue weighted by Crippen LogP contribution is 2.19. The van der Waals surface area contributed by atoms with Gasteiger partial charge in [-0.05, 0) is 50.5 Å². The molecule has 0 aliphatic carbocycles. The Morgan fingerprint density at radius 1 is 1.26 bits per heavy atom. The van der Waals surface area contributed by atoms with Crippen LogP contribution in [0, 0.1) is 0 Å². The molecule has 0 aliphatic heterocycles. The van der Waals surface area contributed by atoms with Crippen molar-refractivity contribution in [1.29, 1.82) is 0 Å². The Morgan fingerprint density at radius 3 is 2.42 bits per heavy atom. The van der Waals surface area contributed by atoms with E-state index in [1.165, 1.54) is 6.08 Å². The third-order valence-electron chi connectivity index (χ3n) is 2.84. The van der Waals surface area contributed by atoms with Crippen molar-refractivity contribution in [3.05, 3.63) is 35.9 Å². The zero-order chi connectivity index (χ0) is 14.3. The van der Waals surface area contributed by atoms with E-state index < -0.39 is 0 Å². The lowest BCUT2D eigenvalue weighted by atomic mass is 10.1. The molecule has 1 unspecified atom stereocenters. The number of rotatable bonds is 6. The van der Waals surface area contributed by atoms with Gasteiger partial charge in [0.25, 0.3) is 0 Å². The Labute approximate surface area is 115 Å². The minimum atomic E-state index is -0.306. The van der Waals surface area contributed by atoms with Crippen molar-refractivity contribution in [2.24, 2.45) is 0 Å². The van der Waals surface area contributed by atoms with E-state index in [1.807, 2.05) is 38.1 Å². The summed E-state index contributed by atoms with van der Waals surface area (Å²) >= 11 is 0. The molecule has 0 aliphatic rings. The molecule has 3 heteroatoms. The molecule has 1 rings (SSSR count). The molecule has 1 atom stereocenters. The molecule has 0 fully saturated rings. The normalized spacial score (nSPS) is 12.9. The van der Waals surface area contributed by atoms with Crippen LogP contribution in [0.1, 0.15) is 39.7 Å². The van der Waals surface area contributed by atoms with Crippen molar-refractivity contribution in [2.45, 2.75) is 40.2 Å². The summed E-state index contributed by atoms with van der Waals surface area (Å²) in [4.78, 5) is 11.4. The summed E-state index contributed by atoms with van der Waals surface area (Å²) in [6.07, 6.45) is 2.69. The third kappa shape index (κ3) is 5.16. The third-order valence-corrected chi connectivity index (χ3v) is 2.84. The molecule has 0 radical (unpaired) electrons. The molecule has 104 valence electrons. The van der Waals surface area contributed by atoms with Crippen LogP contribution in [0.2, 0.25) is 0 Å². The van der Waals surface area contributed by atoms with Crippen molar-refractivity contribution in [3.8, 4) is 5.75 Å². The summed E-state index contributed by atoms with van der Waals surface area (Å²) in [5.41, 5.74) is 1.87. The van der Waals surface area contributed by atoms with Crippen LogP contribution in [-0.4, -0.2) is 18.7 Å². The molecule has 0 heterocycles. The average molecular weight is 262 g/mol. The van der Waals surface area contributed by atoms with E-state index in [0.717, 1.165) is 23.3 Å². The number of hydrogen-bond donors (Lipinski definition) is 0. The van der Waals surface area contributed by atoms with Gasteiger partial charge in [0.05, 0.1) is 12.7 Å². The summed E-state index contributed by atoms with van der Waals surface area (Å²) < 4.78 is 10.6. The van der Waals surface area contributed by atoms with Crippen LogP contribution in [0.5, 0.6) is 5.75 Å². The molecule has 0 spiro atoms. The number of benzene rings is 1. The number of ether oxygens (including phenoxy) is 2. The maximum atomic E-state index is 11.4. The molecule has 1 aromatic rings. The molecular weight excluding hydrogens is 240 g/mol. The van der Waals surface area contributed by atoms with Gasteiger partial charge in [-0.25, -0.2) is 4.79 Å². The summed E-state index contributed by atoms with van der Waals surface area (Å²) in [5.74, 6) is 0.543. The highest BCUT2D eigenvalue weighted by atomic mass is 16.5. The number of carbonyl (C=O) groups excluding carboxylic acids is 1. The fourth-order valence-corrected chi connectivity index (χ4v) is 1.56. The lowest BCUT2D eigenvalue weighted by Crippen LogP contribution is -2.09. The SMILES string of the molecule is CCOC(=O)C=C(C)c1ccc(OC(C)CC)cc1. The van der Waals surface area contributed by atoms with Crippen molar-refractivity contribution >= 4 is 11.5 Å². The fourth-order valence-electron chi connectivity index (χ4n) is 1.56. The average Bonchev–Trinajstić information content (AvgIpc) is 2.39. The van der Waals surface area contributed by atoms with Gasteiger partial charge in [-0.3, -0.25) is 0 Å². The molecule has 0 saturated carbocycles. The summed E-state index contributed by atoms with van der Waals surface area (Å²) in [6.45, 7) is 8.21. The predicted octanol–water partition coefficient (Wildman–Crippen LogP) is 3.83. The summed E-state index contributed by atoms with van der Waals surface area (Å²) in [7, 11) is 0. The Kier molecular flexibility index (Phi) is 6.13. The molecule has 0 bridgehead atoms. The van der Waals surface area contributed by atoms with Crippen molar-refractivity contribution in [1.82, 2.24) is 0 Å². The van der Waals surface area contributed by atoms with E-state index in [2.05, 4.69) is 6.92 Å². The van der Waals surface area contributed by atoms with Crippen LogP contribution in [0.3, 0.4) is 0 Å². The van der Waals surface area contributed by atoms with Gasteiger partial charge in [-0.2, -0.15) is 0 Å². The smallest absolute Gasteiger partial charge is 0.331 e. The van der Waals surface area contributed by atoms with E-state index >= 15 is 0 Å². The maximum Gasteiger partial charge on any atom is 0.331 e. The van der Waals surface area contributed by atoms with Gasteiger partial charge in [0.15, 0.2) is 0 Å². The first-order valence-electron chi connectivity index (χ1n) is 6.69. The van der Waals surface area contributed by atoms with Gasteiger partial charge in [0.2, 0.25) is 0 Å². The van der Waals surface area contributed by atoms with Crippen LogP contribution >= 0.6 is 0 Å². The van der Waals surface area contributed by atoms with Crippen molar-refractivity contribution < 1.29 is 14.3 Å². The zero-order valence-electron chi connectivity index (χ0n) is 12.1. The molecule has 0 aromatic heterocycles. The number of carbonyl (C=O) groups is 1. The molecule has 0 saturated heterocycles. The van der Waals surface area contributed by atoms with Crippen LogP contribution < -0.4 is 4.74 Å². The topological polar surface area (TPSA) is 35.5 Å². The number of hydrogen-bond acceptors (Lipinski definition) is 3. The summed E-state index contributed by atoms with van der Waals surface area (Å²) in [5, 5.41) is 0. The zero-order valence-corrected chi connectivity index (χ0v) is 12.1.